The zero-order valence-corrected chi connectivity index (χ0v) is 18.3. The lowest BCUT2D eigenvalue weighted by atomic mass is 9.99. The molecule has 2 aromatic carbocycles. The van der Waals surface area contributed by atoms with Crippen molar-refractivity contribution in [2.24, 2.45) is 5.92 Å². The minimum atomic E-state index is 0.535. The van der Waals surface area contributed by atoms with Crippen LogP contribution in [0.4, 0.5) is 11.4 Å². The van der Waals surface area contributed by atoms with E-state index in [0.29, 0.717) is 6.04 Å². The third-order valence-electron chi connectivity index (χ3n) is 4.50. The molecule has 2 aromatic rings. The molecule has 0 amide bonds. The summed E-state index contributed by atoms with van der Waals surface area (Å²) in [5, 5.41) is 0. The van der Waals surface area contributed by atoms with Crippen molar-refractivity contribution in [2.45, 2.75) is 55.9 Å². The van der Waals surface area contributed by atoms with Crippen LogP contribution in [0.1, 0.15) is 40.0 Å². The highest BCUT2D eigenvalue weighted by Crippen LogP contribution is 2.51. The number of anilines is 2. The van der Waals surface area contributed by atoms with Gasteiger partial charge in [-0.05, 0) is 61.6 Å². The zero-order chi connectivity index (χ0) is 17.3. The number of halogens is 2. The molecule has 0 bridgehead atoms. The van der Waals surface area contributed by atoms with E-state index in [2.05, 4.69) is 93.9 Å². The Morgan fingerprint density at radius 3 is 1.92 bits per heavy atom. The summed E-state index contributed by atoms with van der Waals surface area (Å²) in [4.78, 5) is 5.23. The first-order chi connectivity index (χ1) is 11.5. The largest absolute Gasteiger partial charge is 0.337 e. The fourth-order valence-corrected chi connectivity index (χ4v) is 5.40. The first-order valence-electron chi connectivity index (χ1n) is 8.55. The fraction of sp³-hybridized carbons (Fsp3) is 0.400. The predicted octanol–water partition coefficient (Wildman–Crippen LogP) is 8.03. The van der Waals surface area contributed by atoms with Crippen molar-refractivity contribution >= 4 is 55.0 Å². The van der Waals surface area contributed by atoms with Crippen LogP contribution in [0.5, 0.6) is 0 Å². The van der Waals surface area contributed by atoms with Crippen LogP contribution in [0.15, 0.2) is 55.1 Å². The highest BCUT2D eigenvalue weighted by atomic mass is 79.9. The van der Waals surface area contributed by atoms with Crippen molar-refractivity contribution in [3.8, 4) is 0 Å². The van der Waals surface area contributed by atoms with Crippen molar-refractivity contribution in [3.63, 3.8) is 0 Å². The second kappa shape index (κ2) is 7.84. The Morgan fingerprint density at radius 1 is 0.917 bits per heavy atom. The number of benzene rings is 2. The van der Waals surface area contributed by atoms with Gasteiger partial charge in [0.25, 0.3) is 0 Å². The summed E-state index contributed by atoms with van der Waals surface area (Å²) in [5.74, 6) is 0.743. The molecule has 1 nitrogen and oxygen atoms in total. The quantitative estimate of drug-likeness (QED) is 0.436. The molecule has 0 fully saturated rings. The number of hydrogen-bond donors (Lipinski definition) is 0. The summed E-state index contributed by atoms with van der Waals surface area (Å²) in [6, 6.07) is 13.9. The van der Waals surface area contributed by atoms with E-state index in [9.17, 15) is 0 Å². The summed E-state index contributed by atoms with van der Waals surface area (Å²) in [6.45, 7) is 6.94. The SMILES string of the molecule is CCC(CCC(C)C)N1c2ccc(Br)cc2Sc2cc(Br)ccc21. The molecule has 1 heterocycles. The average Bonchev–Trinajstić information content (AvgIpc) is 2.53. The normalized spacial score (nSPS) is 14.5. The van der Waals surface area contributed by atoms with E-state index in [0.717, 1.165) is 21.3 Å². The van der Waals surface area contributed by atoms with Gasteiger partial charge in [-0.3, -0.25) is 0 Å². The molecule has 0 aliphatic carbocycles. The lowest BCUT2D eigenvalue weighted by Gasteiger charge is -2.39. The van der Waals surface area contributed by atoms with E-state index < -0.39 is 0 Å². The molecule has 1 unspecified atom stereocenters. The number of fused-ring (bicyclic) bond motifs is 2. The van der Waals surface area contributed by atoms with E-state index >= 15 is 0 Å². The van der Waals surface area contributed by atoms with Gasteiger partial charge in [0.15, 0.2) is 0 Å². The lowest BCUT2D eigenvalue weighted by molar-refractivity contribution is 0.481. The first kappa shape index (κ1) is 18.3. The van der Waals surface area contributed by atoms with Crippen LogP contribution >= 0.6 is 43.6 Å². The molecule has 128 valence electrons. The first-order valence-corrected chi connectivity index (χ1v) is 11.0. The van der Waals surface area contributed by atoms with Crippen LogP contribution in [-0.4, -0.2) is 6.04 Å². The maximum absolute atomic E-state index is 3.63. The molecule has 24 heavy (non-hydrogen) atoms. The van der Waals surface area contributed by atoms with Crippen molar-refractivity contribution < 1.29 is 0 Å². The number of hydrogen-bond acceptors (Lipinski definition) is 2. The molecule has 0 saturated heterocycles. The van der Waals surface area contributed by atoms with Crippen LogP contribution in [0.2, 0.25) is 0 Å². The average molecular weight is 469 g/mol. The maximum atomic E-state index is 3.63. The van der Waals surface area contributed by atoms with Crippen molar-refractivity contribution in [1.29, 1.82) is 0 Å². The van der Waals surface area contributed by atoms with Gasteiger partial charge < -0.3 is 4.90 Å². The summed E-state index contributed by atoms with van der Waals surface area (Å²) < 4.78 is 2.28. The molecule has 0 spiro atoms. The van der Waals surface area contributed by atoms with Gasteiger partial charge in [-0.25, -0.2) is 0 Å². The molecule has 0 saturated carbocycles. The Balaban J connectivity index is 2.06. The van der Waals surface area contributed by atoms with Gasteiger partial charge in [0.1, 0.15) is 0 Å². The summed E-state index contributed by atoms with van der Waals surface area (Å²) in [6.07, 6.45) is 3.64. The Bertz CT molecular complexity index is 678. The summed E-state index contributed by atoms with van der Waals surface area (Å²) in [7, 11) is 0. The van der Waals surface area contributed by atoms with Gasteiger partial charge in [-0.15, -0.1) is 0 Å². The van der Waals surface area contributed by atoms with Crippen LogP contribution in [0, 0.1) is 5.92 Å². The molecular formula is C20H23Br2NS. The van der Waals surface area contributed by atoms with Crippen molar-refractivity contribution in [3.05, 3.63) is 45.3 Å². The van der Waals surface area contributed by atoms with E-state index in [1.807, 2.05) is 11.8 Å². The highest BCUT2D eigenvalue weighted by Gasteiger charge is 2.28. The third-order valence-corrected chi connectivity index (χ3v) is 6.58. The molecule has 1 aliphatic heterocycles. The van der Waals surface area contributed by atoms with Crippen LogP contribution < -0.4 is 4.90 Å². The van der Waals surface area contributed by atoms with E-state index in [4.69, 9.17) is 0 Å². The molecule has 0 aromatic heterocycles. The molecule has 0 radical (unpaired) electrons. The zero-order valence-electron chi connectivity index (χ0n) is 14.4. The Kier molecular flexibility index (Phi) is 5.99. The van der Waals surface area contributed by atoms with E-state index in [1.165, 1.54) is 34.0 Å². The van der Waals surface area contributed by atoms with Gasteiger partial charge in [0.05, 0.1) is 11.4 Å². The van der Waals surface area contributed by atoms with Crippen LogP contribution in [0.3, 0.4) is 0 Å². The van der Waals surface area contributed by atoms with Gasteiger partial charge in [0, 0.05) is 24.8 Å². The minimum absolute atomic E-state index is 0.535. The van der Waals surface area contributed by atoms with Crippen molar-refractivity contribution in [2.75, 3.05) is 4.90 Å². The topological polar surface area (TPSA) is 3.24 Å². The third kappa shape index (κ3) is 3.86. The Hall–Kier alpha value is -0.450. The van der Waals surface area contributed by atoms with E-state index in [-0.39, 0.29) is 0 Å². The molecule has 1 atom stereocenters. The van der Waals surface area contributed by atoms with Gasteiger partial charge in [-0.1, -0.05) is 64.4 Å². The van der Waals surface area contributed by atoms with Gasteiger partial charge in [0.2, 0.25) is 0 Å². The van der Waals surface area contributed by atoms with Gasteiger partial charge >= 0.3 is 0 Å². The fourth-order valence-electron chi connectivity index (χ4n) is 3.22. The second-order valence-corrected chi connectivity index (χ2v) is 9.64. The summed E-state index contributed by atoms with van der Waals surface area (Å²) >= 11 is 9.12. The number of nitrogens with zero attached hydrogens (tertiary/aromatic N) is 1. The Labute approximate surface area is 166 Å². The lowest BCUT2D eigenvalue weighted by Crippen LogP contribution is -2.33. The standard InChI is InChI=1S/C20H23Br2NS/c1-4-16(8-5-13(2)3)23-17-9-6-14(21)11-19(17)24-20-12-15(22)7-10-18(20)23/h6-7,9-13,16H,4-5,8H2,1-3H3. The van der Waals surface area contributed by atoms with Crippen LogP contribution in [0.25, 0.3) is 0 Å². The van der Waals surface area contributed by atoms with Crippen molar-refractivity contribution in [1.82, 2.24) is 0 Å². The van der Waals surface area contributed by atoms with Crippen LogP contribution in [-0.2, 0) is 0 Å². The molecule has 4 heteroatoms. The monoisotopic (exact) mass is 467 g/mol. The molecule has 3 rings (SSSR count). The molecule has 1 aliphatic rings. The molecular weight excluding hydrogens is 446 g/mol. The second-order valence-electron chi connectivity index (χ2n) is 6.73. The van der Waals surface area contributed by atoms with Gasteiger partial charge in [-0.2, -0.15) is 0 Å². The highest BCUT2D eigenvalue weighted by molar-refractivity contribution is 9.10. The minimum Gasteiger partial charge on any atom is -0.337 e. The van der Waals surface area contributed by atoms with E-state index in [1.54, 1.807) is 0 Å². The number of rotatable bonds is 5. The maximum Gasteiger partial charge on any atom is 0.0556 e. The Morgan fingerprint density at radius 2 is 1.46 bits per heavy atom. The molecule has 0 N–H and O–H groups in total. The summed E-state index contributed by atoms with van der Waals surface area (Å²) in [5.41, 5.74) is 2.68. The smallest absolute Gasteiger partial charge is 0.0556 e. The predicted molar refractivity (Wildman–Crippen MR) is 113 cm³/mol.